The highest BCUT2D eigenvalue weighted by Crippen LogP contribution is 2.15. The quantitative estimate of drug-likeness (QED) is 0.899. The molecule has 0 fully saturated rings. The summed E-state index contributed by atoms with van der Waals surface area (Å²) in [4.78, 5) is 0. The van der Waals surface area contributed by atoms with Gasteiger partial charge in [0.1, 0.15) is 11.6 Å². The maximum absolute atomic E-state index is 13.5. The topological polar surface area (TPSA) is 12.0 Å². The van der Waals surface area contributed by atoms with Gasteiger partial charge in [0.15, 0.2) is 0 Å². The zero-order valence-electron chi connectivity index (χ0n) is 9.59. The van der Waals surface area contributed by atoms with Crippen LogP contribution in [-0.4, -0.2) is 0 Å². The molecule has 0 aromatic heterocycles. The standard InChI is InChI=1S/C14H12BrF2N/c15-12-6-5-11(14(17)7-12)9-18-8-10-3-1-2-4-13(10)16/h1-7,18H,8-9H2. The molecule has 94 valence electrons. The highest BCUT2D eigenvalue weighted by atomic mass is 79.9. The van der Waals surface area contributed by atoms with Crippen LogP contribution in [0.25, 0.3) is 0 Å². The van der Waals surface area contributed by atoms with Crippen molar-refractivity contribution in [1.82, 2.24) is 5.32 Å². The maximum Gasteiger partial charge on any atom is 0.128 e. The van der Waals surface area contributed by atoms with Crippen LogP contribution >= 0.6 is 15.9 Å². The first-order chi connectivity index (χ1) is 8.66. The fraction of sp³-hybridized carbons (Fsp3) is 0.143. The van der Waals surface area contributed by atoms with Gasteiger partial charge in [0.05, 0.1) is 0 Å². The number of nitrogens with one attached hydrogen (secondary N) is 1. The molecule has 0 radical (unpaired) electrons. The van der Waals surface area contributed by atoms with E-state index in [2.05, 4.69) is 21.2 Å². The van der Waals surface area contributed by atoms with Crippen LogP contribution in [0.15, 0.2) is 46.9 Å². The second-order valence-electron chi connectivity index (χ2n) is 3.93. The predicted molar refractivity (Wildman–Crippen MR) is 71.0 cm³/mol. The summed E-state index contributed by atoms with van der Waals surface area (Å²) < 4.78 is 27.5. The summed E-state index contributed by atoms with van der Waals surface area (Å²) >= 11 is 3.20. The van der Waals surface area contributed by atoms with Crippen LogP contribution in [-0.2, 0) is 13.1 Å². The van der Waals surface area contributed by atoms with Crippen molar-refractivity contribution in [1.29, 1.82) is 0 Å². The third-order valence-corrected chi connectivity index (χ3v) is 3.10. The van der Waals surface area contributed by atoms with Crippen molar-refractivity contribution in [2.45, 2.75) is 13.1 Å². The molecule has 4 heteroatoms. The molecule has 0 saturated heterocycles. The number of hydrogen-bond acceptors (Lipinski definition) is 1. The van der Waals surface area contributed by atoms with E-state index < -0.39 is 0 Å². The number of rotatable bonds is 4. The Bertz CT molecular complexity index is 543. The number of benzene rings is 2. The van der Waals surface area contributed by atoms with Gasteiger partial charge in [0.25, 0.3) is 0 Å². The molecule has 2 aromatic carbocycles. The Morgan fingerprint density at radius 2 is 1.56 bits per heavy atom. The Labute approximate surface area is 113 Å². The summed E-state index contributed by atoms with van der Waals surface area (Å²) in [6.45, 7) is 0.746. The third-order valence-electron chi connectivity index (χ3n) is 2.60. The van der Waals surface area contributed by atoms with Crippen molar-refractivity contribution in [2.75, 3.05) is 0 Å². The second-order valence-corrected chi connectivity index (χ2v) is 4.85. The van der Waals surface area contributed by atoms with Gasteiger partial charge < -0.3 is 5.32 Å². The zero-order chi connectivity index (χ0) is 13.0. The smallest absolute Gasteiger partial charge is 0.128 e. The Kier molecular flexibility index (Phi) is 4.44. The van der Waals surface area contributed by atoms with Crippen LogP contribution in [0.2, 0.25) is 0 Å². The van der Waals surface area contributed by atoms with E-state index in [9.17, 15) is 8.78 Å². The third kappa shape index (κ3) is 3.37. The summed E-state index contributed by atoms with van der Waals surface area (Å²) in [5.41, 5.74) is 1.14. The number of halogens is 3. The largest absolute Gasteiger partial charge is 0.308 e. The van der Waals surface area contributed by atoms with E-state index in [-0.39, 0.29) is 11.6 Å². The molecular formula is C14H12BrF2N. The molecule has 2 rings (SSSR count). The lowest BCUT2D eigenvalue weighted by Crippen LogP contribution is -2.14. The lowest BCUT2D eigenvalue weighted by atomic mass is 10.2. The summed E-state index contributed by atoms with van der Waals surface area (Å²) in [5.74, 6) is -0.522. The molecule has 0 atom stereocenters. The predicted octanol–water partition coefficient (Wildman–Crippen LogP) is 4.02. The minimum Gasteiger partial charge on any atom is -0.308 e. The van der Waals surface area contributed by atoms with Crippen molar-refractivity contribution in [3.05, 3.63) is 69.7 Å². The molecule has 1 N–H and O–H groups in total. The van der Waals surface area contributed by atoms with Crippen molar-refractivity contribution in [2.24, 2.45) is 0 Å². The average molecular weight is 312 g/mol. The van der Waals surface area contributed by atoms with Gasteiger partial charge in [-0.2, -0.15) is 0 Å². The van der Waals surface area contributed by atoms with Crippen molar-refractivity contribution in [3.8, 4) is 0 Å². The Hall–Kier alpha value is -1.26. The molecule has 0 aliphatic rings. The van der Waals surface area contributed by atoms with Crippen molar-refractivity contribution < 1.29 is 8.78 Å². The van der Waals surface area contributed by atoms with Crippen LogP contribution in [0, 0.1) is 11.6 Å². The van der Waals surface area contributed by atoms with E-state index in [1.165, 1.54) is 12.1 Å². The van der Waals surface area contributed by atoms with Crippen molar-refractivity contribution >= 4 is 15.9 Å². The van der Waals surface area contributed by atoms with E-state index in [4.69, 9.17) is 0 Å². The van der Waals surface area contributed by atoms with E-state index in [1.54, 1.807) is 30.3 Å². The SMILES string of the molecule is Fc1ccccc1CNCc1ccc(Br)cc1F. The molecule has 18 heavy (non-hydrogen) atoms. The van der Waals surface area contributed by atoms with E-state index in [0.717, 1.165) is 0 Å². The van der Waals surface area contributed by atoms with Gasteiger partial charge in [-0.1, -0.05) is 40.2 Å². The number of hydrogen-bond donors (Lipinski definition) is 1. The lowest BCUT2D eigenvalue weighted by molar-refractivity contribution is 0.569. The molecule has 0 amide bonds. The van der Waals surface area contributed by atoms with Crippen molar-refractivity contribution in [3.63, 3.8) is 0 Å². The molecule has 1 nitrogen and oxygen atoms in total. The highest BCUT2D eigenvalue weighted by Gasteiger charge is 2.03. The second kappa shape index (κ2) is 6.07. The van der Waals surface area contributed by atoms with E-state index in [0.29, 0.717) is 28.7 Å². The van der Waals surface area contributed by atoms with Gasteiger partial charge in [-0.3, -0.25) is 0 Å². The summed E-state index contributed by atoms with van der Waals surface area (Å²) in [6.07, 6.45) is 0. The molecule has 0 spiro atoms. The fourth-order valence-electron chi connectivity index (χ4n) is 1.64. The maximum atomic E-state index is 13.5. The van der Waals surface area contributed by atoms with Gasteiger partial charge in [-0.05, 0) is 18.2 Å². The molecule has 0 aliphatic carbocycles. The first-order valence-corrected chi connectivity index (χ1v) is 6.34. The highest BCUT2D eigenvalue weighted by molar-refractivity contribution is 9.10. The molecule has 0 aliphatic heterocycles. The molecule has 0 unspecified atom stereocenters. The van der Waals surface area contributed by atoms with Crippen LogP contribution in [0.4, 0.5) is 8.78 Å². The molecular weight excluding hydrogens is 300 g/mol. The Balaban J connectivity index is 1.95. The molecule has 0 bridgehead atoms. The van der Waals surface area contributed by atoms with Crippen LogP contribution in [0.5, 0.6) is 0 Å². The molecule has 0 saturated carbocycles. The minimum atomic E-state index is -0.273. The fourth-order valence-corrected chi connectivity index (χ4v) is 1.97. The van der Waals surface area contributed by atoms with E-state index >= 15 is 0 Å². The normalized spacial score (nSPS) is 10.6. The lowest BCUT2D eigenvalue weighted by Gasteiger charge is -2.07. The van der Waals surface area contributed by atoms with E-state index in [1.807, 2.05) is 0 Å². The first-order valence-electron chi connectivity index (χ1n) is 5.55. The van der Waals surface area contributed by atoms with Gasteiger partial charge in [-0.25, -0.2) is 8.78 Å². The summed E-state index contributed by atoms with van der Waals surface area (Å²) in [5, 5.41) is 3.02. The zero-order valence-corrected chi connectivity index (χ0v) is 11.2. The minimum absolute atomic E-state index is 0.249. The first kappa shape index (κ1) is 13.2. The van der Waals surface area contributed by atoms with Gasteiger partial charge in [-0.15, -0.1) is 0 Å². The Morgan fingerprint density at radius 1 is 0.889 bits per heavy atom. The average Bonchev–Trinajstić information content (AvgIpc) is 2.34. The summed E-state index contributed by atoms with van der Waals surface area (Å²) in [7, 11) is 0. The van der Waals surface area contributed by atoms with Crippen LogP contribution in [0.1, 0.15) is 11.1 Å². The molecule has 0 heterocycles. The van der Waals surface area contributed by atoms with Crippen LogP contribution < -0.4 is 5.32 Å². The van der Waals surface area contributed by atoms with Gasteiger partial charge in [0.2, 0.25) is 0 Å². The molecule has 2 aromatic rings. The monoisotopic (exact) mass is 311 g/mol. The van der Waals surface area contributed by atoms with Crippen LogP contribution in [0.3, 0.4) is 0 Å². The van der Waals surface area contributed by atoms with Gasteiger partial charge in [0, 0.05) is 28.7 Å². The Morgan fingerprint density at radius 3 is 2.22 bits per heavy atom. The van der Waals surface area contributed by atoms with Gasteiger partial charge >= 0.3 is 0 Å². The summed E-state index contributed by atoms with van der Waals surface area (Å²) in [6, 6.07) is 11.4.